The van der Waals surface area contributed by atoms with Crippen molar-refractivity contribution in [3.8, 4) is 11.5 Å². The first-order valence-electron chi connectivity index (χ1n) is 8.37. The molecule has 25 heavy (non-hydrogen) atoms. The minimum Gasteiger partial charge on any atom is -0.497 e. The molecule has 0 aliphatic carbocycles. The summed E-state index contributed by atoms with van der Waals surface area (Å²) in [4.78, 5) is 13.8. The zero-order chi connectivity index (χ0) is 17.8. The van der Waals surface area contributed by atoms with Gasteiger partial charge in [0.1, 0.15) is 17.3 Å². The number of methoxy groups -OCH3 is 2. The van der Waals surface area contributed by atoms with E-state index in [-0.39, 0.29) is 0 Å². The SMILES string of the molecule is COc1ccc(Nc2cc(C)nc(N3CCN(C)CC3)n2)c(OC)c1. The monoisotopic (exact) mass is 343 g/mol. The molecule has 7 nitrogen and oxygen atoms in total. The Morgan fingerprint density at radius 2 is 1.76 bits per heavy atom. The lowest BCUT2D eigenvalue weighted by Crippen LogP contribution is -2.45. The molecule has 0 atom stereocenters. The molecular weight excluding hydrogens is 318 g/mol. The zero-order valence-electron chi connectivity index (χ0n) is 15.2. The van der Waals surface area contributed by atoms with E-state index < -0.39 is 0 Å². The standard InChI is InChI=1S/C18H25N5O2/c1-13-11-17(20-15-6-5-14(24-3)12-16(15)25-4)21-18(19-13)23-9-7-22(2)8-10-23/h5-6,11-12H,7-10H2,1-4H3,(H,19,20,21). The number of nitrogens with one attached hydrogen (secondary N) is 1. The third-order valence-electron chi connectivity index (χ3n) is 4.30. The van der Waals surface area contributed by atoms with E-state index in [2.05, 4.69) is 27.1 Å². The van der Waals surface area contributed by atoms with Gasteiger partial charge in [-0.2, -0.15) is 4.98 Å². The Balaban J connectivity index is 1.83. The summed E-state index contributed by atoms with van der Waals surface area (Å²) < 4.78 is 10.7. The number of ether oxygens (including phenoxy) is 2. The maximum absolute atomic E-state index is 5.45. The van der Waals surface area contributed by atoms with Gasteiger partial charge < -0.3 is 24.6 Å². The second-order valence-corrected chi connectivity index (χ2v) is 6.18. The van der Waals surface area contributed by atoms with Crippen molar-refractivity contribution in [2.45, 2.75) is 6.92 Å². The highest BCUT2D eigenvalue weighted by atomic mass is 16.5. The van der Waals surface area contributed by atoms with Crippen LogP contribution >= 0.6 is 0 Å². The molecular formula is C18H25N5O2. The van der Waals surface area contributed by atoms with Gasteiger partial charge in [-0.05, 0) is 26.1 Å². The van der Waals surface area contributed by atoms with Crippen LogP contribution < -0.4 is 19.7 Å². The van der Waals surface area contributed by atoms with Gasteiger partial charge in [-0.1, -0.05) is 0 Å². The van der Waals surface area contributed by atoms with Crippen molar-refractivity contribution in [1.29, 1.82) is 0 Å². The van der Waals surface area contributed by atoms with Crippen molar-refractivity contribution in [2.24, 2.45) is 0 Å². The third-order valence-corrected chi connectivity index (χ3v) is 4.30. The molecule has 2 heterocycles. The maximum Gasteiger partial charge on any atom is 0.227 e. The molecule has 2 aromatic rings. The van der Waals surface area contributed by atoms with Crippen molar-refractivity contribution in [1.82, 2.24) is 14.9 Å². The molecule has 0 saturated carbocycles. The van der Waals surface area contributed by atoms with E-state index in [0.29, 0.717) is 5.75 Å². The molecule has 1 aromatic carbocycles. The van der Waals surface area contributed by atoms with Gasteiger partial charge in [0.15, 0.2) is 0 Å². The molecule has 0 radical (unpaired) electrons. The van der Waals surface area contributed by atoms with Crippen molar-refractivity contribution in [3.63, 3.8) is 0 Å². The predicted molar refractivity (Wildman–Crippen MR) is 99.3 cm³/mol. The summed E-state index contributed by atoms with van der Waals surface area (Å²) in [6, 6.07) is 7.59. The van der Waals surface area contributed by atoms with E-state index in [0.717, 1.165) is 55.1 Å². The van der Waals surface area contributed by atoms with Gasteiger partial charge in [-0.25, -0.2) is 4.98 Å². The van der Waals surface area contributed by atoms with Gasteiger partial charge in [0, 0.05) is 44.0 Å². The van der Waals surface area contributed by atoms with Crippen LogP contribution in [0.25, 0.3) is 0 Å². The second-order valence-electron chi connectivity index (χ2n) is 6.18. The van der Waals surface area contributed by atoms with Gasteiger partial charge in [-0.3, -0.25) is 0 Å². The Bertz CT molecular complexity index is 729. The minimum absolute atomic E-state index is 0.705. The molecule has 1 aliphatic rings. The highest BCUT2D eigenvalue weighted by Crippen LogP contribution is 2.31. The summed E-state index contributed by atoms with van der Waals surface area (Å²) in [6.07, 6.45) is 0. The summed E-state index contributed by atoms with van der Waals surface area (Å²) >= 11 is 0. The number of benzene rings is 1. The van der Waals surface area contributed by atoms with E-state index in [1.54, 1.807) is 14.2 Å². The average Bonchev–Trinajstić information content (AvgIpc) is 2.62. The smallest absolute Gasteiger partial charge is 0.227 e. The summed E-state index contributed by atoms with van der Waals surface area (Å²) in [7, 11) is 5.41. The van der Waals surface area contributed by atoms with Crippen molar-refractivity contribution >= 4 is 17.5 Å². The van der Waals surface area contributed by atoms with Crippen LogP contribution in [-0.4, -0.2) is 62.3 Å². The first kappa shape index (κ1) is 17.3. The molecule has 3 rings (SSSR count). The Kier molecular flexibility index (Phi) is 5.23. The molecule has 7 heteroatoms. The Hall–Kier alpha value is -2.54. The number of aryl methyl sites for hydroxylation is 1. The molecule has 0 spiro atoms. The molecule has 1 aromatic heterocycles. The van der Waals surface area contributed by atoms with Crippen molar-refractivity contribution < 1.29 is 9.47 Å². The van der Waals surface area contributed by atoms with E-state index in [1.807, 2.05) is 31.2 Å². The fourth-order valence-corrected chi connectivity index (χ4v) is 2.80. The molecule has 1 fully saturated rings. The lowest BCUT2D eigenvalue weighted by atomic mass is 10.2. The van der Waals surface area contributed by atoms with Crippen LogP contribution in [0.3, 0.4) is 0 Å². The summed E-state index contributed by atoms with van der Waals surface area (Å²) in [5.74, 6) is 2.98. The fourth-order valence-electron chi connectivity index (χ4n) is 2.80. The number of rotatable bonds is 5. The molecule has 1 saturated heterocycles. The number of hydrogen-bond donors (Lipinski definition) is 1. The second kappa shape index (κ2) is 7.57. The highest BCUT2D eigenvalue weighted by molar-refractivity contribution is 5.66. The fraction of sp³-hybridized carbons (Fsp3) is 0.444. The number of likely N-dealkylation sites (N-methyl/N-ethyl adjacent to an activating group) is 1. The first-order chi connectivity index (χ1) is 12.1. The van der Waals surface area contributed by atoms with Crippen LogP contribution in [0.2, 0.25) is 0 Å². The first-order valence-corrected chi connectivity index (χ1v) is 8.37. The molecule has 0 amide bonds. The zero-order valence-corrected chi connectivity index (χ0v) is 15.2. The Labute approximate surface area is 148 Å². The average molecular weight is 343 g/mol. The minimum atomic E-state index is 0.705. The van der Waals surface area contributed by atoms with Crippen LogP contribution in [0.5, 0.6) is 11.5 Å². The largest absolute Gasteiger partial charge is 0.497 e. The highest BCUT2D eigenvalue weighted by Gasteiger charge is 2.17. The van der Waals surface area contributed by atoms with E-state index >= 15 is 0 Å². The van der Waals surface area contributed by atoms with Crippen LogP contribution in [0.4, 0.5) is 17.5 Å². The number of piperazine rings is 1. The van der Waals surface area contributed by atoms with Crippen LogP contribution in [0.15, 0.2) is 24.3 Å². The Morgan fingerprint density at radius 1 is 1.00 bits per heavy atom. The van der Waals surface area contributed by atoms with Crippen LogP contribution in [0, 0.1) is 6.92 Å². The number of aromatic nitrogens is 2. The van der Waals surface area contributed by atoms with Crippen LogP contribution in [-0.2, 0) is 0 Å². The summed E-state index contributed by atoms with van der Waals surface area (Å²) in [5.41, 5.74) is 1.77. The lowest BCUT2D eigenvalue weighted by molar-refractivity contribution is 0.311. The normalized spacial score (nSPS) is 15.1. The predicted octanol–water partition coefficient (Wildman–Crippen LogP) is 2.30. The van der Waals surface area contributed by atoms with Crippen LogP contribution in [0.1, 0.15) is 5.69 Å². The topological polar surface area (TPSA) is 62.8 Å². The summed E-state index contributed by atoms with van der Waals surface area (Å²) in [6.45, 7) is 5.90. The molecule has 0 bridgehead atoms. The number of hydrogen-bond acceptors (Lipinski definition) is 7. The molecule has 1 N–H and O–H groups in total. The van der Waals surface area contributed by atoms with Gasteiger partial charge in [0.2, 0.25) is 5.95 Å². The Morgan fingerprint density at radius 3 is 2.44 bits per heavy atom. The molecule has 1 aliphatic heterocycles. The lowest BCUT2D eigenvalue weighted by Gasteiger charge is -2.32. The molecule has 0 unspecified atom stereocenters. The van der Waals surface area contributed by atoms with Gasteiger partial charge in [0.25, 0.3) is 0 Å². The summed E-state index contributed by atoms with van der Waals surface area (Å²) in [5, 5.41) is 3.34. The van der Waals surface area contributed by atoms with E-state index in [4.69, 9.17) is 14.5 Å². The maximum atomic E-state index is 5.45. The third kappa shape index (κ3) is 4.11. The van der Waals surface area contributed by atoms with Crippen molar-refractivity contribution in [3.05, 3.63) is 30.0 Å². The van der Waals surface area contributed by atoms with Crippen molar-refractivity contribution in [2.75, 3.05) is 57.7 Å². The van der Waals surface area contributed by atoms with Gasteiger partial charge >= 0.3 is 0 Å². The van der Waals surface area contributed by atoms with E-state index in [1.165, 1.54) is 0 Å². The molecule has 134 valence electrons. The van der Waals surface area contributed by atoms with Gasteiger partial charge in [-0.15, -0.1) is 0 Å². The number of anilines is 3. The van der Waals surface area contributed by atoms with E-state index in [9.17, 15) is 0 Å². The van der Waals surface area contributed by atoms with Gasteiger partial charge in [0.05, 0.1) is 19.9 Å². The quantitative estimate of drug-likeness (QED) is 0.894. The number of nitrogens with zero attached hydrogens (tertiary/aromatic N) is 4.